The average Bonchev–Trinajstić information content (AvgIpc) is 2.68. The Morgan fingerprint density at radius 1 is 1.64 bits per heavy atom. The first-order chi connectivity index (χ1) is 5.40. The Balaban J connectivity index is 1.84. The van der Waals surface area contributed by atoms with Gasteiger partial charge in [-0.1, -0.05) is 0 Å². The Kier molecular flexibility index (Phi) is 3.02. The van der Waals surface area contributed by atoms with Crippen LogP contribution in [0.3, 0.4) is 0 Å². The first kappa shape index (κ1) is 8.64. The summed E-state index contributed by atoms with van der Waals surface area (Å²) in [4.78, 5) is 10.5. The van der Waals surface area contributed by atoms with Crippen LogP contribution < -0.4 is 19.2 Å². The second kappa shape index (κ2) is 3.84. The van der Waals surface area contributed by atoms with Crippen molar-refractivity contribution < 1.29 is 25.4 Å². The molecule has 0 aromatic rings. The zero-order chi connectivity index (χ0) is 7.68. The van der Waals surface area contributed by atoms with Gasteiger partial charge in [-0.3, -0.25) is 0 Å². The van der Waals surface area contributed by atoms with Gasteiger partial charge in [0, 0.05) is 0 Å². The van der Waals surface area contributed by atoms with Gasteiger partial charge in [0.2, 0.25) is 0 Å². The molecule has 1 aliphatic heterocycles. The van der Waals surface area contributed by atoms with Crippen LogP contribution in [0.5, 0.6) is 0 Å². The number of nitrogens with one attached hydrogen (secondary N) is 1. The average molecular weight is 382 g/mol. The third kappa shape index (κ3) is 2.25. The topological polar surface area (TPSA) is 48.2 Å². The van der Waals surface area contributed by atoms with Crippen molar-refractivity contribution in [1.29, 1.82) is 0 Å². The van der Waals surface area contributed by atoms with Crippen LogP contribution in [0.4, 0.5) is 0 Å². The molecule has 0 radical (unpaired) electrons. The predicted octanol–water partition coefficient (Wildman–Crippen LogP) is -1.77. The van der Waals surface area contributed by atoms with Crippen molar-refractivity contribution in [3.8, 4) is 0 Å². The maximum absolute atomic E-state index is 10.5. The molecule has 2 aliphatic rings. The molecule has 0 aromatic carbocycles. The number of rotatable bonds is 3. The van der Waals surface area contributed by atoms with E-state index in [2.05, 4.69) is 1.74 Å². The summed E-state index contributed by atoms with van der Waals surface area (Å²) in [5.41, 5.74) is 0. The van der Waals surface area contributed by atoms with Gasteiger partial charge in [0.25, 0.3) is 0 Å². The van der Waals surface area contributed by atoms with E-state index in [0.717, 1.165) is 19.1 Å². The third-order valence-corrected chi connectivity index (χ3v) is 10.1. The molecule has 0 bridgehead atoms. The zero-order valence-electron chi connectivity index (χ0n) is 5.93. The van der Waals surface area contributed by atoms with Crippen LogP contribution in [-0.2, 0) is 7.86 Å². The summed E-state index contributed by atoms with van der Waals surface area (Å²) < 4.78 is 9.12. The van der Waals surface area contributed by atoms with Gasteiger partial charge in [0.15, 0.2) is 0 Å². The standard InChI is InChI=1S/C6H10I2NO2/c10-4-5-2-1-3-6(5)11-8-7-9-8/h4-6,9H,1-3H2/q-1. The van der Waals surface area contributed by atoms with Gasteiger partial charge < -0.3 is 0 Å². The van der Waals surface area contributed by atoms with Crippen molar-refractivity contribution in [3.63, 3.8) is 0 Å². The van der Waals surface area contributed by atoms with Gasteiger partial charge in [-0.2, -0.15) is 0 Å². The molecule has 1 aliphatic carbocycles. The maximum atomic E-state index is 10.5. The number of hydrogen-bond acceptors (Lipinski definition) is 3. The minimum atomic E-state index is -0.977. The molecule has 5 heteroatoms. The fraction of sp³-hybridized carbons (Fsp3) is 0.833. The molecule has 2 fully saturated rings. The monoisotopic (exact) mass is 382 g/mol. The van der Waals surface area contributed by atoms with E-state index >= 15 is 0 Å². The van der Waals surface area contributed by atoms with E-state index in [-0.39, 0.29) is 5.92 Å². The zero-order valence-corrected chi connectivity index (χ0v) is 10.2. The van der Waals surface area contributed by atoms with Gasteiger partial charge >= 0.3 is 81.2 Å². The molecule has 0 amide bonds. The molecule has 1 N–H and O–H groups in total. The Morgan fingerprint density at radius 2 is 2.45 bits per heavy atom. The number of aldehydes is 1. The van der Waals surface area contributed by atoms with Crippen molar-refractivity contribution in [3.05, 3.63) is 0 Å². The van der Waals surface area contributed by atoms with E-state index in [1.165, 1.54) is 6.42 Å². The number of halogens is 2. The van der Waals surface area contributed by atoms with Crippen molar-refractivity contribution in [2.24, 2.45) is 5.92 Å². The Hall–Kier alpha value is 1.05. The van der Waals surface area contributed by atoms with E-state index in [1.807, 2.05) is 0 Å². The summed E-state index contributed by atoms with van der Waals surface area (Å²) in [6, 6.07) is 0. The van der Waals surface area contributed by atoms with Gasteiger partial charge in [-0.15, -0.1) is 0 Å². The van der Waals surface area contributed by atoms with Crippen LogP contribution in [0.1, 0.15) is 19.3 Å². The minimum absolute atomic E-state index is 0.221. The van der Waals surface area contributed by atoms with Crippen LogP contribution in [0.2, 0.25) is 0 Å². The van der Waals surface area contributed by atoms with Crippen molar-refractivity contribution in [1.82, 2.24) is 1.74 Å². The van der Waals surface area contributed by atoms with Gasteiger partial charge in [-0.05, 0) is 0 Å². The van der Waals surface area contributed by atoms with Crippen LogP contribution in [0.25, 0.3) is 0 Å². The molecule has 2 unspecified atom stereocenters. The van der Waals surface area contributed by atoms with Crippen molar-refractivity contribution in [2.75, 3.05) is 0 Å². The second-order valence-electron chi connectivity index (χ2n) is 2.71. The fourth-order valence-electron chi connectivity index (χ4n) is 1.37. The molecule has 0 aromatic heterocycles. The van der Waals surface area contributed by atoms with Gasteiger partial charge in [-0.25, -0.2) is 0 Å². The molecular weight excluding hydrogens is 372 g/mol. The SMILES string of the molecule is O=CC1CCCC1OI1N[I-]1. The van der Waals surface area contributed by atoms with Gasteiger partial charge in [0.1, 0.15) is 0 Å². The van der Waals surface area contributed by atoms with Crippen LogP contribution in [-0.4, -0.2) is 12.4 Å². The third-order valence-electron chi connectivity index (χ3n) is 2.00. The normalized spacial score (nSPS) is 39.8. The molecule has 1 heterocycles. The van der Waals surface area contributed by atoms with Crippen molar-refractivity contribution in [2.45, 2.75) is 25.4 Å². The molecule has 11 heavy (non-hydrogen) atoms. The quantitative estimate of drug-likeness (QED) is 0.272. The second-order valence-corrected chi connectivity index (χ2v) is 15.7. The van der Waals surface area contributed by atoms with Crippen molar-refractivity contribution >= 4 is 22.8 Å². The molecule has 2 rings (SSSR count). The fourth-order valence-corrected chi connectivity index (χ4v) is 9.02. The summed E-state index contributed by atoms with van der Waals surface area (Å²) in [6.07, 6.45) is 4.72. The van der Waals surface area contributed by atoms with E-state index in [1.54, 1.807) is 0 Å². The summed E-state index contributed by atoms with van der Waals surface area (Å²) >= 11 is -0.677. The van der Waals surface area contributed by atoms with E-state index in [0.29, 0.717) is 23.6 Å². The van der Waals surface area contributed by atoms with Crippen LogP contribution >= 0.6 is 16.5 Å². The molecule has 2 atom stereocenters. The number of carbonyl (C=O) groups is 1. The molecule has 1 saturated carbocycles. The summed E-state index contributed by atoms with van der Waals surface area (Å²) in [5, 5.41) is 0. The van der Waals surface area contributed by atoms with Crippen LogP contribution in [0.15, 0.2) is 0 Å². The summed E-state index contributed by atoms with van der Waals surface area (Å²) in [5.74, 6) is 0.221. The Morgan fingerprint density at radius 3 is 3.09 bits per heavy atom. The van der Waals surface area contributed by atoms with E-state index < -0.39 is 16.5 Å². The molecule has 3 nitrogen and oxygen atoms in total. The first-order valence-electron chi connectivity index (χ1n) is 3.63. The predicted molar refractivity (Wildman–Crippen MR) is 45.4 cm³/mol. The number of hydrogen-bond donors (Lipinski definition) is 1. The first-order valence-corrected chi connectivity index (χ1v) is 13.0. The van der Waals surface area contributed by atoms with Crippen LogP contribution in [0, 0.1) is 5.92 Å². The molecular formula is C6H10I2NO2-. The van der Waals surface area contributed by atoms with Gasteiger partial charge in [0.05, 0.1) is 0 Å². The van der Waals surface area contributed by atoms with E-state index in [4.69, 9.17) is 3.07 Å². The molecule has 66 valence electrons. The molecule has 1 saturated heterocycles. The molecule has 0 spiro atoms. The Labute approximate surface area is 80.6 Å². The summed E-state index contributed by atoms with van der Waals surface area (Å²) in [7, 11) is 0. The van der Waals surface area contributed by atoms with E-state index in [9.17, 15) is 4.79 Å². The number of carbonyl (C=O) groups excluding carboxylic acids is 1. The Bertz CT molecular complexity index is 163. The summed E-state index contributed by atoms with van der Waals surface area (Å²) in [6.45, 7) is 0.